The van der Waals surface area contributed by atoms with Gasteiger partial charge in [0.2, 0.25) is 0 Å². The average Bonchev–Trinajstić information content (AvgIpc) is 3.86. The van der Waals surface area contributed by atoms with Gasteiger partial charge in [-0.2, -0.15) is 0 Å². The Morgan fingerprint density at radius 1 is 0.417 bits per heavy atom. The molecule has 0 radical (unpaired) electrons. The van der Waals surface area contributed by atoms with Gasteiger partial charge in [-0.1, -0.05) is 159 Å². The summed E-state index contributed by atoms with van der Waals surface area (Å²) in [5, 5.41) is 4.74. The molecular weight excluding hydrogens is 729 g/mol. The van der Waals surface area contributed by atoms with E-state index in [0.717, 1.165) is 33.6 Å². The van der Waals surface area contributed by atoms with E-state index in [-0.39, 0.29) is 5.41 Å². The first-order valence-electron chi connectivity index (χ1n) is 20.8. The van der Waals surface area contributed by atoms with Gasteiger partial charge < -0.3 is 13.9 Å². The van der Waals surface area contributed by atoms with Crippen LogP contribution in [0.2, 0.25) is 0 Å². The SMILES string of the molecule is CC1(C)c2ccc(-c3ccc(N(c4ccc(-c5ccccc5)cc4)c4ccc(-c5ccccc5)cc4)cc3)cc2-n2c3ccccc3c3c4oc5ccccc5c4cc1c32. The van der Waals surface area contributed by atoms with Crippen LogP contribution in [0.3, 0.4) is 0 Å². The summed E-state index contributed by atoms with van der Waals surface area (Å²) in [5.74, 6) is 0. The second kappa shape index (κ2) is 13.2. The molecule has 284 valence electrons. The number of hydrogen-bond donors (Lipinski definition) is 0. The van der Waals surface area contributed by atoms with Gasteiger partial charge in [-0.15, -0.1) is 0 Å². The molecule has 0 bridgehead atoms. The van der Waals surface area contributed by atoms with Crippen LogP contribution in [-0.4, -0.2) is 4.57 Å². The number of fused-ring (bicyclic) bond motifs is 9. The molecule has 0 N–H and O–H groups in total. The van der Waals surface area contributed by atoms with Gasteiger partial charge in [-0.25, -0.2) is 0 Å². The molecule has 1 aliphatic rings. The fourth-order valence-electron chi connectivity index (χ4n) is 9.75. The zero-order valence-corrected chi connectivity index (χ0v) is 33.4. The van der Waals surface area contributed by atoms with E-state index < -0.39 is 0 Å². The van der Waals surface area contributed by atoms with Crippen molar-refractivity contribution in [3.05, 3.63) is 217 Å². The average molecular weight is 769 g/mol. The number of furan rings is 1. The highest BCUT2D eigenvalue weighted by molar-refractivity contribution is 6.25. The van der Waals surface area contributed by atoms with Gasteiger partial charge in [-0.05, 0) is 105 Å². The van der Waals surface area contributed by atoms with Crippen molar-refractivity contribution >= 4 is 60.8 Å². The van der Waals surface area contributed by atoms with E-state index in [1.54, 1.807) is 0 Å². The molecule has 60 heavy (non-hydrogen) atoms. The molecule has 9 aromatic carbocycles. The third kappa shape index (κ3) is 5.22. The molecule has 0 spiro atoms. The lowest BCUT2D eigenvalue weighted by atomic mass is 9.74. The first kappa shape index (κ1) is 34.4. The molecule has 2 aromatic heterocycles. The molecular formula is C57H40N2O. The Kier molecular flexibility index (Phi) is 7.58. The normalized spacial score (nSPS) is 13.0. The largest absolute Gasteiger partial charge is 0.455 e. The van der Waals surface area contributed by atoms with Crippen LogP contribution in [0.25, 0.3) is 82.8 Å². The zero-order chi connectivity index (χ0) is 40.0. The summed E-state index contributed by atoms with van der Waals surface area (Å²) in [4.78, 5) is 2.35. The van der Waals surface area contributed by atoms with E-state index >= 15 is 0 Å². The van der Waals surface area contributed by atoms with E-state index in [9.17, 15) is 0 Å². The minimum absolute atomic E-state index is 0.237. The van der Waals surface area contributed by atoms with Gasteiger partial charge in [0.15, 0.2) is 0 Å². The number of nitrogens with zero attached hydrogens (tertiary/aromatic N) is 2. The minimum atomic E-state index is -0.237. The molecule has 1 aliphatic heterocycles. The summed E-state index contributed by atoms with van der Waals surface area (Å²) in [6.07, 6.45) is 0. The van der Waals surface area contributed by atoms with Gasteiger partial charge in [0.1, 0.15) is 11.2 Å². The Labute approximate surface area is 349 Å². The molecule has 0 saturated heterocycles. The maximum Gasteiger partial charge on any atom is 0.145 e. The zero-order valence-electron chi connectivity index (χ0n) is 33.4. The number of para-hydroxylation sites is 2. The van der Waals surface area contributed by atoms with Crippen molar-refractivity contribution in [3.8, 4) is 39.1 Å². The number of anilines is 3. The van der Waals surface area contributed by atoms with Crippen LogP contribution in [-0.2, 0) is 5.41 Å². The van der Waals surface area contributed by atoms with Gasteiger partial charge >= 0.3 is 0 Å². The van der Waals surface area contributed by atoms with Crippen molar-refractivity contribution in [2.45, 2.75) is 19.3 Å². The summed E-state index contributed by atoms with van der Waals surface area (Å²) in [6.45, 7) is 4.75. The number of aromatic nitrogens is 1. The van der Waals surface area contributed by atoms with Crippen molar-refractivity contribution in [1.82, 2.24) is 4.57 Å². The second-order valence-electron chi connectivity index (χ2n) is 16.5. The van der Waals surface area contributed by atoms with E-state index in [2.05, 4.69) is 230 Å². The molecule has 3 heteroatoms. The highest BCUT2D eigenvalue weighted by Crippen LogP contribution is 2.52. The second-order valence-corrected chi connectivity index (χ2v) is 16.5. The Morgan fingerprint density at radius 3 is 1.50 bits per heavy atom. The molecule has 12 rings (SSSR count). The van der Waals surface area contributed by atoms with Crippen molar-refractivity contribution in [1.29, 1.82) is 0 Å². The number of benzene rings is 9. The first-order valence-corrected chi connectivity index (χ1v) is 20.8. The maximum absolute atomic E-state index is 6.69. The predicted octanol–water partition coefficient (Wildman–Crippen LogP) is 15.8. The van der Waals surface area contributed by atoms with E-state index in [1.807, 2.05) is 0 Å². The van der Waals surface area contributed by atoms with E-state index in [4.69, 9.17) is 4.42 Å². The topological polar surface area (TPSA) is 21.3 Å². The van der Waals surface area contributed by atoms with Gasteiger partial charge in [0.25, 0.3) is 0 Å². The standard InChI is InChI=1S/C57H40N2O/c1-57(2)49-34-27-42(35-52(49)59-51-19-11-9-18-47(51)54-55(59)50(57)36-48-46-17-10-12-20-53(46)60-56(48)54)41-25-32-45(33-26-41)58(43-28-21-39(22-29-43)37-13-5-3-6-14-37)44-30-23-40(24-31-44)38-15-7-4-8-16-38/h3-36H,1-2H3. The highest BCUT2D eigenvalue weighted by Gasteiger charge is 2.37. The van der Waals surface area contributed by atoms with Crippen LogP contribution in [0.1, 0.15) is 25.0 Å². The third-order valence-corrected chi connectivity index (χ3v) is 12.8. The minimum Gasteiger partial charge on any atom is -0.455 e. The van der Waals surface area contributed by atoms with Crippen molar-refractivity contribution in [2.75, 3.05) is 4.90 Å². The van der Waals surface area contributed by atoms with Crippen LogP contribution in [0.15, 0.2) is 211 Å². The monoisotopic (exact) mass is 768 g/mol. The third-order valence-electron chi connectivity index (χ3n) is 12.8. The first-order chi connectivity index (χ1) is 29.5. The quantitative estimate of drug-likeness (QED) is 0.168. The van der Waals surface area contributed by atoms with Crippen LogP contribution in [0, 0.1) is 0 Å². The maximum atomic E-state index is 6.69. The molecule has 3 heterocycles. The van der Waals surface area contributed by atoms with Gasteiger partial charge in [-0.3, -0.25) is 0 Å². The summed E-state index contributed by atoms with van der Waals surface area (Å²) in [5.41, 5.74) is 18.4. The molecule has 3 nitrogen and oxygen atoms in total. The summed E-state index contributed by atoms with van der Waals surface area (Å²) in [6, 6.07) is 74.7. The fraction of sp³-hybridized carbons (Fsp3) is 0.0526. The summed E-state index contributed by atoms with van der Waals surface area (Å²) < 4.78 is 9.18. The molecule has 0 unspecified atom stereocenters. The highest BCUT2D eigenvalue weighted by atomic mass is 16.3. The van der Waals surface area contributed by atoms with Crippen molar-refractivity contribution in [2.24, 2.45) is 0 Å². The Balaban J connectivity index is 0.974. The molecule has 0 aliphatic carbocycles. The Hall–Kier alpha value is -7.62. The van der Waals surface area contributed by atoms with Crippen LogP contribution < -0.4 is 4.90 Å². The Bertz CT molecular complexity index is 3330. The van der Waals surface area contributed by atoms with E-state index in [0.29, 0.717) is 0 Å². The van der Waals surface area contributed by atoms with Crippen LogP contribution in [0.5, 0.6) is 0 Å². The Morgan fingerprint density at radius 2 is 0.900 bits per heavy atom. The lowest BCUT2D eigenvalue weighted by molar-refractivity contribution is 0.630. The molecule has 11 aromatic rings. The molecule has 0 saturated carbocycles. The molecule has 0 atom stereocenters. The summed E-state index contributed by atoms with van der Waals surface area (Å²) in [7, 11) is 0. The van der Waals surface area contributed by atoms with Crippen molar-refractivity contribution in [3.63, 3.8) is 0 Å². The smallest absolute Gasteiger partial charge is 0.145 e. The molecule has 0 fully saturated rings. The summed E-state index contributed by atoms with van der Waals surface area (Å²) >= 11 is 0. The van der Waals surface area contributed by atoms with E-state index in [1.165, 1.54) is 77.4 Å². The van der Waals surface area contributed by atoms with Gasteiger partial charge in [0.05, 0.1) is 22.1 Å². The van der Waals surface area contributed by atoms with Crippen LogP contribution in [0.4, 0.5) is 17.1 Å². The molecule has 0 amide bonds. The number of rotatable bonds is 6. The van der Waals surface area contributed by atoms with Gasteiger partial charge in [0, 0.05) is 38.6 Å². The van der Waals surface area contributed by atoms with Crippen molar-refractivity contribution < 1.29 is 4.42 Å². The predicted molar refractivity (Wildman–Crippen MR) is 251 cm³/mol. The number of hydrogen-bond acceptors (Lipinski definition) is 2. The lowest BCUT2D eigenvalue weighted by Gasteiger charge is -2.35. The van der Waals surface area contributed by atoms with Crippen LogP contribution >= 0.6 is 0 Å². The lowest BCUT2D eigenvalue weighted by Crippen LogP contribution is -2.26. The fourth-order valence-corrected chi connectivity index (χ4v) is 9.75.